The number of fused-ring (bicyclic) bond motifs is 1. The molecule has 1 aromatic carbocycles. The van der Waals surface area contributed by atoms with Gasteiger partial charge in [0.25, 0.3) is 5.69 Å². The van der Waals surface area contributed by atoms with Crippen molar-refractivity contribution in [1.29, 1.82) is 0 Å². The van der Waals surface area contributed by atoms with E-state index < -0.39 is 0 Å². The van der Waals surface area contributed by atoms with Gasteiger partial charge in [0.1, 0.15) is 0 Å². The van der Waals surface area contributed by atoms with Gasteiger partial charge in [0, 0.05) is 31.4 Å². The molecule has 2 rings (SSSR count). The van der Waals surface area contributed by atoms with E-state index in [2.05, 4.69) is 4.90 Å². The summed E-state index contributed by atoms with van der Waals surface area (Å²) in [6.07, 6.45) is 1.76. The molecular formula is C11H14N2O2. The van der Waals surface area contributed by atoms with Crippen molar-refractivity contribution in [3.05, 3.63) is 33.4 Å². The van der Waals surface area contributed by atoms with Crippen molar-refractivity contribution in [2.45, 2.75) is 19.8 Å². The van der Waals surface area contributed by atoms with Crippen LogP contribution in [0.5, 0.6) is 0 Å². The molecule has 0 fully saturated rings. The lowest BCUT2D eigenvalue weighted by molar-refractivity contribution is -0.384. The minimum absolute atomic E-state index is 0.223. The molecule has 4 heteroatoms. The summed E-state index contributed by atoms with van der Waals surface area (Å²) in [4.78, 5) is 12.6. The fourth-order valence-electron chi connectivity index (χ4n) is 2.20. The SMILES string of the molecule is CCc1cc([N+](=O)[O-])cc2c1N(C)CC2. The number of likely N-dealkylation sites (N-methyl/N-ethyl adjacent to an activating group) is 1. The summed E-state index contributed by atoms with van der Waals surface area (Å²) in [6.45, 7) is 3.00. The van der Waals surface area contributed by atoms with Crippen LogP contribution in [-0.2, 0) is 12.8 Å². The van der Waals surface area contributed by atoms with Gasteiger partial charge in [-0.2, -0.15) is 0 Å². The average molecular weight is 206 g/mol. The quantitative estimate of drug-likeness (QED) is 0.550. The van der Waals surface area contributed by atoms with Gasteiger partial charge in [-0.1, -0.05) is 6.92 Å². The molecule has 0 atom stereocenters. The molecule has 0 aliphatic carbocycles. The summed E-state index contributed by atoms with van der Waals surface area (Å²) in [5.74, 6) is 0. The Labute approximate surface area is 88.7 Å². The third-order valence-corrected chi connectivity index (χ3v) is 2.94. The number of rotatable bonds is 2. The first-order valence-electron chi connectivity index (χ1n) is 5.14. The lowest BCUT2D eigenvalue weighted by Crippen LogP contribution is -2.14. The van der Waals surface area contributed by atoms with Crippen molar-refractivity contribution < 1.29 is 4.92 Å². The largest absolute Gasteiger partial charge is 0.374 e. The number of aryl methyl sites for hydroxylation is 1. The Kier molecular flexibility index (Phi) is 2.34. The van der Waals surface area contributed by atoms with Crippen LogP contribution in [0.15, 0.2) is 12.1 Å². The molecule has 1 aliphatic heterocycles. The molecule has 15 heavy (non-hydrogen) atoms. The third kappa shape index (κ3) is 1.56. The Hall–Kier alpha value is -1.58. The number of hydrogen-bond donors (Lipinski definition) is 0. The van der Waals surface area contributed by atoms with E-state index in [1.807, 2.05) is 14.0 Å². The van der Waals surface area contributed by atoms with Crippen LogP contribution < -0.4 is 4.90 Å². The molecule has 4 nitrogen and oxygen atoms in total. The summed E-state index contributed by atoms with van der Waals surface area (Å²) in [7, 11) is 2.04. The summed E-state index contributed by atoms with van der Waals surface area (Å²) >= 11 is 0. The minimum atomic E-state index is -0.308. The van der Waals surface area contributed by atoms with Crippen molar-refractivity contribution in [2.75, 3.05) is 18.5 Å². The molecule has 1 aliphatic rings. The van der Waals surface area contributed by atoms with E-state index in [0.717, 1.165) is 30.5 Å². The second kappa shape index (κ2) is 3.53. The number of nitrogens with zero attached hydrogens (tertiary/aromatic N) is 2. The van der Waals surface area contributed by atoms with E-state index in [-0.39, 0.29) is 10.6 Å². The first kappa shape index (κ1) is 9.96. The smallest absolute Gasteiger partial charge is 0.270 e. The molecule has 0 unspecified atom stereocenters. The number of anilines is 1. The highest BCUT2D eigenvalue weighted by Gasteiger charge is 2.22. The molecule has 80 valence electrons. The second-order valence-electron chi connectivity index (χ2n) is 3.89. The fourth-order valence-corrected chi connectivity index (χ4v) is 2.20. The Balaban J connectivity index is 2.57. The standard InChI is InChI=1S/C11H14N2O2/c1-3-8-6-10(13(14)15)7-9-4-5-12(2)11(8)9/h6-7H,3-5H2,1-2H3. The molecule has 1 aromatic rings. The predicted molar refractivity (Wildman–Crippen MR) is 59.4 cm³/mol. The van der Waals surface area contributed by atoms with Crippen molar-refractivity contribution in [2.24, 2.45) is 0 Å². The summed E-state index contributed by atoms with van der Waals surface area (Å²) in [6, 6.07) is 3.40. The average Bonchev–Trinajstić information content (AvgIpc) is 2.59. The maximum absolute atomic E-state index is 10.7. The third-order valence-electron chi connectivity index (χ3n) is 2.94. The summed E-state index contributed by atoms with van der Waals surface area (Å²) in [5.41, 5.74) is 3.62. The first-order chi connectivity index (χ1) is 7.13. The fraction of sp³-hybridized carbons (Fsp3) is 0.455. The molecule has 0 saturated heterocycles. The van der Waals surface area contributed by atoms with E-state index in [4.69, 9.17) is 0 Å². The van der Waals surface area contributed by atoms with Gasteiger partial charge in [0.15, 0.2) is 0 Å². The Bertz CT molecular complexity index is 415. The van der Waals surface area contributed by atoms with Crippen LogP contribution in [0, 0.1) is 10.1 Å². The Morgan fingerprint density at radius 1 is 1.53 bits per heavy atom. The molecule has 1 heterocycles. The van der Waals surface area contributed by atoms with Gasteiger partial charge in [0.05, 0.1) is 4.92 Å². The first-order valence-corrected chi connectivity index (χ1v) is 5.14. The van der Waals surface area contributed by atoms with Gasteiger partial charge in [-0.25, -0.2) is 0 Å². The van der Waals surface area contributed by atoms with E-state index in [1.54, 1.807) is 12.1 Å². The summed E-state index contributed by atoms with van der Waals surface area (Å²) < 4.78 is 0. The van der Waals surface area contributed by atoms with Gasteiger partial charge >= 0.3 is 0 Å². The number of non-ortho nitro benzene ring substituents is 1. The maximum Gasteiger partial charge on any atom is 0.270 e. The number of benzene rings is 1. The minimum Gasteiger partial charge on any atom is -0.374 e. The van der Waals surface area contributed by atoms with Crippen molar-refractivity contribution >= 4 is 11.4 Å². The predicted octanol–water partition coefficient (Wildman–Crippen LogP) is 2.15. The van der Waals surface area contributed by atoms with Gasteiger partial charge in [-0.05, 0) is 24.0 Å². The second-order valence-corrected chi connectivity index (χ2v) is 3.89. The lowest BCUT2D eigenvalue weighted by Gasteiger charge is -2.15. The summed E-state index contributed by atoms with van der Waals surface area (Å²) in [5, 5.41) is 10.7. The lowest BCUT2D eigenvalue weighted by atomic mass is 10.0. The van der Waals surface area contributed by atoms with E-state index in [1.165, 1.54) is 5.69 Å². The van der Waals surface area contributed by atoms with Gasteiger partial charge < -0.3 is 4.90 Å². The van der Waals surface area contributed by atoms with Gasteiger partial charge in [-0.3, -0.25) is 10.1 Å². The van der Waals surface area contributed by atoms with E-state index >= 15 is 0 Å². The van der Waals surface area contributed by atoms with Gasteiger partial charge in [-0.15, -0.1) is 0 Å². The van der Waals surface area contributed by atoms with Crippen molar-refractivity contribution in [3.8, 4) is 0 Å². The molecule has 0 amide bonds. The molecule has 0 radical (unpaired) electrons. The van der Waals surface area contributed by atoms with Crippen LogP contribution >= 0.6 is 0 Å². The Morgan fingerprint density at radius 3 is 2.87 bits per heavy atom. The number of hydrogen-bond acceptors (Lipinski definition) is 3. The zero-order valence-electron chi connectivity index (χ0n) is 8.99. The topological polar surface area (TPSA) is 46.4 Å². The zero-order valence-corrected chi connectivity index (χ0v) is 8.99. The molecule has 0 aromatic heterocycles. The highest BCUT2D eigenvalue weighted by molar-refractivity contribution is 5.66. The molecule has 0 spiro atoms. The van der Waals surface area contributed by atoms with Crippen LogP contribution in [0.1, 0.15) is 18.1 Å². The van der Waals surface area contributed by atoms with Crippen molar-refractivity contribution in [3.63, 3.8) is 0 Å². The zero-order chi connectivity index (χ0) is 11.0. The Morgan fingerprint density at radius 2 is 2.27 bits per heavy atom. The van der Waals surface area contributed by atoms with Crippen LogP contribution in [0.2, 0.25) is 0 Å². The van der Waals surface area contributed by atoms with E-state index in [9.17, 15) is 10.1 Å². The van der Waals surface area contributed by atoms with Crippen LogP contribution in [0.25, 0.3) is 0 Å². The number of nitro groups is 1. The normalized spacial score (nSPS) is 14.1. The van der Waals surface area contributed by atoms with Crippen LogP contribution in [-0.4, -0.2) is 18.5 Å². The van der Waals surface area contributed by atoms with Crippen LogP contribution in [0.4, 0.5) is 11.4 Å². The molecule has 0 bridgehead atoms. The number of nitro benzene ring substituents is 1. The molecular weight excluding hydrogens is 192 g/mol. The monoisotopic (exact) mass is 206 g/mol. The van der Waals surface area contributed by atoms with Gasteiger partial charge in [0.2, 0.25) is 0 Å². The highest BCUT2D eigenvalue weighted by atomic mass is 16.6. The van der Waals surface area contributed by atoms with E-state index in [0.29, 0.717) is 0 Å². The van der Waals surface area contributed by atoms with Crippen LogP contribution in [0.3, 0.4) is 0 Å². The molecule has 0 N–H and O–H groups in total. The highest BCUT2D eigenvalue weighted by Crippen LogP contribution is 2.34. The van der Waals surface area contributed by atoms with Crippen molar-refractivity contribution in [1.82, 2.24) is 0 Å². The maximum atomic E-state index is 10.7. The molecule has 0 saturated carbocycles.